The highest BCUT2D eigenvalue weighted by molar-refractivity contribution is 6.29. The highest BCUT2D eigenvalue weighted by Gasteiger charge is 2.18. The fourth-order valence-electron chi connectivity index (χ4n) is 5.10. The van der Waals surface area contributed by atoms with Crippen LogP contribution >= 0.6 is 0 Å². The molecule has 0 aliphatic heterocycles. The molecule has 0 fully saturated rings. The molecule has 1 nitrogen and oxygen atoms in total. The van der Waals surface area contributed by atoms with Gasteiger partial charge in [0, 0.05) is 17.5 Å². The predicted octanol–water partition coefficient (Wildman–Crippen LogP) is 7.19. The van der Waals surface area contributed by atoms with Gasteiger partial charge in [0.05, 0.1) is 10.8 Å². The van der Waals surface area contributed by atoms with Gasteiger partial charge in [-0.2, -0.15) is 4.40 Å². The van der Waals surface area contributed by atoms with Crippen LogP contribution in [0, 0.1) is 0 Å². The maximum Gasteiger partial charge on any atom is 0.227 e. The monoisotopic (exact) mass is 380 g/mol. The molecule has 7 rings (SSSR count). The van der Waals surface area contributed by atoms with Crippen molar-refractivity contribution in [2.45, 2.75) is 0 Å². The molecule has 0 radical (unpaired) electrons. The molecule has 0 saturated carbocycles. The molecule has 30 heavy (non-hydrogen) atoms. The first-order valence-corrected chi connectivity index (χ1v) is 10.4. The summed E-state index contributed by atoms with van der Waals surface area (Å²) in [5, 5.41) is 13.0. The summed E-state index contributed by atoms with van der Waals surface area (Å²) in [5.74, 6) is 0. The number of hydrogen-bond acceptors (Lipinski definition) is 0. The van der Waals surface area contributed by atoms with Crippen LogP contribution in [0.3, 0.4) is 0 Å². The first-order valence-electron chi connectivity index (χ1n) is 10.4. The molecule has 0 atom stereocenters. The Hall–Kier alpha value is -3.97. The molecule has 138 valence electrons. The Morgan fingerprint density at radius 1 is 0.367 bits per heavy atom. The van der Waals surface area contributed by atoms with Gasteiger partial charge in [0.25, 0.3) is 0 Å². The Morgan fingerprint density at radius 2 is 0.833 bits per heavy atom. The molecule has 0 aliphatic carbocycles. The van der Waals surface area contributed by atoms with E-state index in [1.54, 1.807) is 0 Å². The quantitative estimate of drug-likeness (QED) is 0.194. The lowest BCUT2D eigenvalue weighted by Gasteiger charge is -2.10. The summed E-state index contributed by atoms with van der Waals surface area (Å²) in [6.07, 6.45) is 4.38. The molecule has 0 saturated heterocycles. The second kappa shape index (κ2) is 5.77. The number of nitrogens with zero attached hydrogens (tertiary/aromatic N) is 1. The number of aromatic nitrogens is 1. The Bertz CT molecular complexity index is 1640. The molecule has 1 heteroatoms. The number of rotatable bonds is 0. The normalized spacial score (nSPS) is 12.0. The van der Waals surface area contributed by atoms with Gasteiger partial charge in [-0.25, -0.2) is 0 Å². The van der Waals surface area contributed by atoms with E-state index < -0.39 is 0 Å². The van der Waals surface area contributed by atoms with Crippen molar-refractivity contribution in [1.82, 2.24) is 0 Å². The van der Waals surface area contributed by atoms with Crippen LogP contribution in [0.5, 0.6) is 0 Å². The first kappa shape index (κ1) is 15.9. The van der Waals surface area contributed by atoms with E-state index in [0.717, 1.165) is 0 Å². The minimum Gasteiger partial charge on any atom is -0.166 e. The summed E-state index contributed by atoms with van der Waals surface area (Å²) >= 11 is 0. The Labute approximate surface area is 173 Å². The fraction of sp³-hybridized carbons (Fsp3) is 0. The van der Waals surface area contributed by atoms with E-state index in [0.29, 0.717) is 0 Å². The second-order valence-corrected chi connectivity index (χ2v) is 8.05. The van der Waals surface area contributed by atoms with Crippen molar-refractivity contribution in [1.29, 1.82) is 0 Å². The van der Waals surface area contributed by atoms with Crippen molar-refractivity contribution >= 4 is 59.4 Å². The number of pyridine rings is 2. The fourth-order valence-corrected chi connectivity index (χ4v) is 5.10. The third-order valence-corrected chi connectivity index (χ3v) is 6.46. The van der Waals surface area contributed by atoms with Gasteiger partial charge in [0.1, 0.15) is 0 Å². The van der Waals surface area contributed by atoms with Crippen LogP contribution in [-0.4, -0.2) is 0 Å². The highest BCUT2D eigenvalue weighted by Crippen LogP contribution is 2.37. The van der Waals surface area contributed by atoms with Crippen LogP contribution in [0.15, 0.2) is 109 Å². The number of fused-ring (bicyclic) bond motifs is 11. The van der Waals surface area contributed by atoms with E-state index in [1.807, 2.05) is 0 Å². The third kappa shape index (κ3) is 2.04. The lowest BCUT2D eigenvalue weighted by atomic mass is 9.93. The van der Waals surface area contributed by atoms with Crippen LogP contribution in [-0.2, 0) is 0 Å². The molecule has 0 spiro atoms. The van der Waals surface area contributed by atoms with Gasteiger partial charge < -0.3 is 0 Å². The molecule has 0 N–H and O–H groups in total. The zero-order valence-corrected chi connectivity index (χ0v) is 16.3. The van der Waals surface area contributed by atoms with Gasteiger partial charge in [-0.15, -0.1) is 0 Å². The van der Waals surface area contributed by atoms with Gasteiger partial charge in [-0.05, 0) is 37.7 Å². The molecule has 0 bridgehead atoms. The standard InChI is InChI=1S/C29H18N/c1-3-7-24-19(5-1)9-11-21-13-14-23-16-18-30-17-15-22-12-10-20-6-2-4-8-25(20)27(22)29(30)28(23)26(21)24/h1-18H/q+1. The van der Waals surface area contributed by atoms with E-state index in [4.69, 9.17) is 0 Å². The van der Waals surface area contributed by atoms with Crippen LogP contribution in [0.25, 0.3) is 59.4 Å². The van der Waals surface area contributed by atoms with Crippen molar-refractivity contribution in [3.8, 4) is 0 Å². The molecular formula is C29H18N+. The highest BCUT2D eigenvalue weighted by atomic mass is 14.8. The van der Waals surface area contributed by atoms with Crippen molar-refractivity contribution < 1.29 is 4.40 Å². The summed E-state index contributed by atoms with van der Waals surface area (Å²) in [5.41, 5.74) is 1.28. The third-order valence-electron chi connectivity index (χ3n) is 6.46. The summed E-state index contributed by atoms with van der Waals surface area (Å²) < 4.78 is 2.29. The summed E-state index contributed by atoms with van der Waals surface area (Å²) in [7, 11) is 0. The van der Waals surface area contributed by atoms with Crippen LogP contribution in [0.4, 0.5) is 0 Å². The Kier molecular flexibility index (Phi) is 3.06. The van der Waals surface area contributed by atoms with Gasteiger partial charge in [0.2, 0.25) is 5.52 Å². The maximum atomic E-state index is 2.29. The molecule has 7 aromatic rings. The van der Waals surface area contributed by atoms with Crippen molar-refractivity contribution in [3.05, 3.63) is 109 Å². The minimum absolute atomic E-state index is 1.28. The van der Waals surface area contributed by atoms with Gasteiger partial charge in [-0.3, -0.25) is 0 Å². The van der Waals surface area contributed by atoms with E-state index in [9.17, 15) is 0 Å². The number of hydrogen-bond donors (Lipinski definition) is 0. The summed E-state index contributed by atoms with van der Waals surface area (Å²) in [6, 6.07) is 35.4. The second-order valence-electron chi connectivity index (χ2n) is 8.05. The smallest absolute Gasteiger partial charge is 0.166 e. The topological polar surface area (TPSA) is 4.10 Å². The Balaban J connectivity index is 1.90. The van der Waals surface area contributed by atoms with E-state index in [1.165, 1.54) is 59.4 Å². The summed E-state index contributed by atoms with van der Waals surface area (Å²) in [6.45, 7) is 0. The zero-order valence-electron chi connectivity index (χ0n) is 16.3. The van der Waals surface area contributed by atoms with E-state index >= 15 is 0 Å². The van der Waals surface area contributed by atoms with Gasteiger partial charge in [0.15, 0.2) is 12.4 Å². The molecule has 0 unspecified atom stereocenters. The molecule has 2 aromatic heterocycles. The van der Waals surface area contributed by atoms with E-state index in [-0.39, 0.29) is 0 Å². The molecule has 0 aliphatic rings. The average molecular weight is 380 g/mol. The van der Waals surface area contributed by atoms with Crippen LogP contribution in [0.2, 0.25) is 0 Å². The molecule has 0 amide bonds. The van der Waals surface area contributed by atoms with Crippen LogP contribution in [0.1, 0.15) is 0 Å². The lowest BCUT2D eigenvalue weighted by molar-refractivity contribution is -0.509. The predicted molar refractivity (Wildman–Crippen MR) is 127 cm³/mol. The molecule has 2 heterocycles. The SMILES string of the molecule is c1ccc2c(c1)ccc1ccc3cc[n+]4ccc5ccc6ccccc6c5c4c3c12. The molecule has 5 aromatic carbocycles. The van der Waals surface area contributed by atoms with Gasteiger partial charge in [-0.1, -0.05) is 84.9 Å². The number of benzene rings is 5. The Morgan fingerprint density at radius 3 is 1.47 bits per heavy atom. The van der Waals surface area contributed by atoms with Crippen LogP contribution < -0.4 is 4.40 Å². The average Bonchev–Trinajstić information content (AvgIpc) is 2.82. The van der Waals surface area contributed by atoms with Gasteiger partial charge >= 0.3 is 0 Å². The van der Waals surface area contributed by atoms with E-state index in [2.05, 4.69) is 114 Å². The van der Waals surface area contributed by atoms with Crippen molar-refractivity contribution in [2.24, 2.45) is 0 Å². The summed E-state index contributed by atoms with van der Waals surface area (Å²) in [4.78, 5) is 0. The maximum absolute atomic E-state index is 2.29. The van der Waals surface area contributed by atoms with Crippen molar-refractivity contribution in [3.63, 3.8) is 0 Å². The molecular weight excluding hydrogens is 362 g/mol. The first-order chi connectivity index (χ1) is 14.9. The lowest BCUT2D eigenvalue weighted by Crippen LogP contribution is -2.20. The largest absolute Gasteiger partial charge is 0.227 e. The minimum atomic E-state index is 1.28. The zero-order chi connectivity index (χ0) is 19.7. The van der Waals surface area contributed by atoms with Crippen molar-refractivity contribution in [2.75, 3.05) is 0 Å².